The molecule has 3 rings (SSSR count). The number of carbonyl (C=O) groups excluding carboxylic acids is 1. The van der Waals surface area contributed by atoms with Gasteiger partial charge in [0, 0.05) is 17.2 Å². The number of allylic oxidation sites excluding steroid dienone is 1. The molecular formula is C21H18O7. The fourth-order valence-corrected chi connectivity index (χ4v) is 2.66. The minimum atomic E-state index is -0.770. The van der Waals surface area contributed by atoms with Gasteiger partial charge in [-0.3, -0.25) is 4.79 Å². The summed E-state index contributed by atoms with van der Waals surface area (Å²) < 4.78 is 16.3. The zero-order chi connectivity index (χ0) is 20.4. The van der Waals surface area contributed by atoms with E-state index < -0.39 is 22.9 Å². The van der Waals surface area contributed by atoms with Crippen molar-refractivity contribution in [3.63, 3.8) is 0 Å². The quantitative estimate of drug-likeness (QED) is 0.523. The van der Waals surface area contributed by atoms with Crippen molar-refractivity contribution in [2.45, 2.75) is 13.8 Å². The summed E-state index contributed by atoms with van der Waals surface area (Å²) in [6.07, 6.45) is 1.55. The molecule has 3 aromatic rings. The fraction of sp³-hybridized carbons (Fsp3) is 0.143. The highest BCUT2D eigenvalue weighted by molar-refractivity contribution is 5.95. The van der Waals surface area contributed by atoms with Crippen molar-refractivity contribution >= 4 is 16.9 Å². The van der Waals surface area contributed by atoms with Crippen LogP contribution in [0.1, 0.15) is 13.8 Å². The summed E-state index contributed by atoms with van der Waals surface area (Å²) >= 11 is 0. The van der Waals surface area contributed by atoms with Gasteiger partial charge in [0.25, 0.3) is 0 Å². The van der Waals surface area contributed by atoms with Gasteiger partial charge in [0.15, 0.2) is 17.1 Å². The summed E-state index contributed by atoms with van der Waals surface area (Å²) in [5.41, 5.74) is -0.169. The number of carbonyl (C=O) groups is 1. The van der Waals surface area contributed by atoms with E-state index >= 15 is 0 Å². The van der Waals surface area contributed by atoms with E-state index in [4.69, 9.17) is 13.9 Å². The lowest BCUT2D eigenvalue weighted by atomic mass is 10.1. The molecule has 2 aromatic carbocycles. The van der Waals surface area contributed by atoms with E-state index in [9.17, 15) is 19.8 Å². The molecule has 0 aliphatic carbocycles. The average molecular weight is 382 g/mol. The van der Waals surface area contributed by atoms with Crippen LogP contribution in [-0.4, -0.2) is 23.3 Å². The Labute approximate surface area is 160 Å². The van der Waals surface area contributed by atoms with Gasteiger partial charge >= 0.3 is 5.97 Å². The molecule has 0 spiro atoms. The Morgan fingerprint density at radius 1 is 1.11 bits per heavy atom. The van der Waals surface area contributed by atoms with E-state index in [-0.39, 0.29) is 28.2 Å². The Balaban J connectivity index is 2.41. The lowest BCUT2D eigenvalue weighted by Crippen LogP contribution is -2.17. The molecule has 0 unspecified atom stereocenters. The summed E-state index contributed by atoms with van der Waals surface area (Å²) in [7, 11) is 1.29. The molecule has 0 fully saturated rings. The first-order chi connectivity index (χ1) is 13.4. The third-order valence-corrected chi connectivity index (χ3v) is 4.23. The van der Waals surface area contributed by atoms with E-state index in [0.717, 1.165) is 6.07 Å². The predicted molar refractivity (Wildman–Crippen MR) is 103 cm³/mol. The molecule has 1 heterocycles. The maximum Gasteiger partial charge on any atom is 0.339 e. The van der Waals surface area contributed by atoms with Crippen LogP contribution in [0.4, 0.5) is 0 Å². The van der Waals surface area contributed by atoms with Gasteiger partial charge in [0.1, 0.15) is 11.1 Å². The van der Waals surface area contributed by atoms with Gasteiger partial charge in [-0.25, -0.2) is 4.79 Å². The number of fused-ring (bicyclic) bond motifs is 1. The number of benzene rings is 2. The van der Waals surface area contributed by atoms with Crippen molar-refractivity contribution in [1.82, 2.24) is 0 Å². The van der Waals surface area contributed by atoms with Gasteiger partial charge in [-0.15, -0.1) is 0 Å². The molecule has 0 aliphatic heterocycles. The molecular weight excluding hydrogens is 364 g/mol. The second-order valence-corrected chi connectivity index (χ2v) is 5.97. The van der Waals surface area contributed by atoms with Crippen LogP contribution < -0.4 is 14.9 Å². The standard InChI is InChI=1S/C21H18O7/c1-4-11(2)21(25)28-20-16(24)15-13(22)10-14(23)18(26-3)19(15)27-17(20)12-8-6-5-7-9-12/h4-10,22-23H,1-3H3/b11-4-. The molecule has 28 heavy (non-hydrogen) atoms. The van der Waals surface area contributed by atoms with Crippen LogP contribution in [0.3, 0.4) is 0 Å². The highest BCUT2D eigenvalue weighted by atomic mass is 16.5. The predicted octanol–water partition coefficient (Wildman–Crippen LogP) is 3.75. The maximum absolute atomic E-state index is 13.1. The minimum absolute atomic E-state index is 0.0290. The molecule has 0 bridgehead atoms. The highest BCUT2D eigenvalue weighted by Crippen LogP contribution is 2.42. The average Bonchev–Trinajstić information content (AvgIpc) is 2.69. The normalized spacial score (nSPS) is 11.5. The Kier molecular flexibility index (Phi) is 5.08. The molecule has 0 amide bonds. The monoisotopic (exact) mass is 382 g/mol. The summed E-state index contributed by atoms with van der Waals surface area (Å²) in [5, 5.41) is 20.0. The van der Waals surface area contributed by atoms with Crippen LogP contribution in [-0.2, 0) is 4.79 Å². The van der Waals surface area contributed by atoms with Crippen LogP contribution in [0.5, 0.6) is 23.0 Å². The van der Waals surface area contributed by atoms with Gasteiger partial charge in [0.2, 0.25) is 16.9 Å². The van der Waals surface area contributed by atoms with Crippen LogP contribution in [0.2, 0.25) is 0 Å². The van der Waals surface area contributed by atoms with Gasteiger partial charge in [-0.1, -0.05) is 36.4 Å². The summed E-state index contributed by atoms with van der Waals surface area (Å²) in [6, 6.07) is 9.51. The molecule has 0 atom stereocenters. The smallest absolute Gasteiger partial charge is 0.339 e. The maximum atomic E-state index is 13.1. The third kappa shape index (κ3) is 3.18. The van der Waals surface area contributed by atoms with Gasteiger partial charge in [0.05, 0.1) is 7.11 Å². The highest BCUT2D eigenvalue weighted by Gasteiger charge is 2.26. The Morgan fingerprint density at radius 3 is 2.39 bits per heavy atom. The molecule has 0 saturated carbocycles. The second-order valence-electron chi connectivity index (χ2n) is 5.97. The van der Waals surface area contributed by atoms with Crippen molar-refractivity contribution in [2.75, 3.05) is 7.11 Å². The number of phenols is 2. The van der Waals surface area contributed by atoms with Crippen molar-refractivity contribution in [1.29, 1.82) is 0 Å². The number of esters is 1. The third-order valence-electron chi connectivity index (χ3n) is 4.23. The summed E-state index contributed by atoms with van der Waals surface area (Å²) in [4.78, 5) is 25.4. The van der Waals surface area contributed by atoms with E-state index in [1.54, 1.807) is 50.3 Å². The first-order valence-electron chi connectivity index (χ1n) is 8.39. The molecule has 144 valence electrons. The van der Waals surface area contributed by atoms with Crippen LogP contribution in [0.15, 0.2) is 57.3 Å². The summed E-state index contributed by atoms with van der Waals surface area (Å²) in [5.74, 6) is -2.17. The lowest BCUT2D eigenvalue weighted by molar-refractivity contribution is -0.130. The number of hydrogen-bond acceptors (Lipinski definition) is 7. The van der Waals surface area contributed by atoms with E-state index in [2.05, 4.69) is 0 Å². The summed E-state index contributed by atoms with van der Waals surface area (Å²) in [6.45, 7) is 3.21. The van der Waals surface area contributed by atoms with Crippen molar-refractivity contribution < 1.29 is 28.9 Å². The lowest BCUT2D eigenvalue weighted by Gasteiger charge is -2.13. The van der Waals surface area contributed by atoms with E-state index in [0.29, 0.717) is 11.1 Å². The van der Waals surface area contributed by atoms with Crippen LogP contribution in [0.25, 0.3) is 22.3 Å². The largest absolute Gasteiger partial charge is 0.507 e. The molecule has 7 nitrogen and oxygen atoms in total. The topological polar surface area (TPSA) is 106 Å². The number of ether oxygens (including phenoxy) is 2. The molecule has 2 N–H and O–H groups in total. The van der Waals surface area contributed by atoms with Crippen LogP contribution >= 0.6 is 0 Å². The number of rotatable bonds is 4. The number of phenolic OH excluding ortho intramolecular Hbond substituents is 2. The Bertz CT molecular complexity index is 1140. The Morgan fingerprint density at radius 2 is 1.79 bits per heavy atom. The van der Waals surface area contributed by atoms with Gasteiger partial charge in [-0.05, 0) is 13.8 Å². The fourth-order valence-electron chi connectivity index (χ4n) is 2.66. The van der Waals surface area contributed by atoms with Gasteiger partial charge < -0.3 is 24.1 Å². The van der Waals surface area contributed by atoms with Crippen molar-refractivity contribution in [3.05, 3.63) is 58.3 Å². The number of methoxy groups -OCH3 is 1. The van der Waals surface area contributed by atoms with Crippen molar-refractivity contribution in [2.24, 2.45) is 0 Å². The first kappa shape index (κ1) is 19.0. The van der Waals surface area contributed by atoms with Gasteiger partial charge in [-0.2, -0.15) is 0 Å². The SMILES string of the molecule is C/C=C(/C)C(=O)Oc1c(-c2ccccc2)oc2c(OC)c(O)cc(O)c2c1=O. The number of hydrogen-bond donors (Lipinski definition) is 2. The van der Waals surface area contributed by atoms with Crippen molar-refractivity contribution in [3.8, 4) is 34.3 Å². The number of aromatic hydroxyl groups is 2. The molecule has 7 heteroatoms. The van der Waals surface area contributed by atoms with E-state index in [1.807, 2.05) is 0 Å². The van der Waals surface area contributed by atoms with Crippen LogP contribution in [0, 0.1) is 0 Å². The molecule has 0 radical (unpaired) electrons. The minimum Gasteiger partial charge on any atom is -0.507 e. The zero-order valence-corrected chi connectivity index (χ0v) is 15.5. The van der Waals surface area contributed by atoms with E-state index in [1.165, 1.54) is 7.11 Å². The molecule has 0 aliphatic rings. The second kappa shape index (κ2) is 7.48. The zero-order valence-electron chi connectivity index (χ0n) is 15.5. The molecule has 0 saturated heterocycles. The Hall–Kier alpha value is -3.74. The first-order valence-corrected chi connectivity index (χ1v) is 8.39. The molecule has 1 aromatic heterocycles.